The number of nitrogens with zero attached hydrogens (tertiary/aromatic N) is 1. The lowest BCUT2D eigenvalue weighted by Gasteiger charge is -2.06. The van der Waals surface area contributed by atoms with Gasteiger partial charge in [0.15, 0.2) is 0 Å². The molecule has 0 amide bonds. The largest absolute Gasteiger partial charge is 0.192 e. The smallest absolute Gasteiger partial charge is 0.0991 e. The molecule has 0 aromatic heterocycles. The van der Waals surface area contributed by atoms with E-state index in [4.69, 9.17) is 5.26 Å². The minimum Gasteiger partial charge on any atom is -0.192 e. The van der Waals surface area contributed by atoms with Crippen LogP contribution in [-0.2, 0) is 6.42 Å². The lowest BCUT2D eigenvalue weighted by Crippen LogP contribution is -1.95. The quantitative estimate of drug-likeness (QED) is 0.708. The first-order chi connectivity index (χ1) is 6.65. The second kappa shape index (κ2) is 4.62. The van der Waals surface area contributed by atoms with Crippen molar-refractivity contribution in [2.24, 2.45) is 5.92 Å². The highest BCUT2D eigenvalue weighted by atomic mass is 14.2. The molecule has 0 N–H and O–H groups in total. The zero-order valence-electron chi connectivity index (χ0n) is 8.67. The maximum atomic E-state index is 8.82. The molecule has 0 heterocycles. The maximum absolute atomic E-state index is 8.82. The Labute approximate surface area is 85.7 Å². The summed E-state index contributed by atoms with van der Waals surface area (Å²) in [6.07, 6.45) is 3.80. The van der Waals surface area contributed by atoms with Gasteiger partial charge >= 0.3 is 0 Å². The first-order valence-electron chi connectivity index (χ1n) is 4.73. The van der Waals surface area contributed by atoms with Gasteiger partial charge in [-0.2, -0.15) is 5.26 Å². The van der Waals surface area contributed by atoms with E-state index in [1.807, 2.05) is 12.1 Å². The number of rotatable bonds is 3. The van der Waals surface area contributed by atoms with E-state index in [-0.39, 0.29) is 0 Å². The van der Waals surface area contributed by atoms with Crippen LogP contribution in [0.4, 0.5) is 0 Å². The van der Waals surface area contributed by atoms with Gasteiger partial charge in [-0.15, -0.1) is 0 Å². The summed E-state index contributed by atoms with van der Waals surface area (Å²) in [6.45, 7) is 7.92. The molecule has 1 aromatic carbocycles. The van der Waals surface area contributed by atoms with Crippen molar-refractivity contribution < 1.29 is 0 Å². The van der Waals surface area contributed by atoms with Crippen molar-refractivity contribution >= 4 is 0 Å². The Balaban J connectivity index is 3.05. The van der Waals surface area contributed by atoms with Crippen LogP contribution in [0.25, 0.3) is 0 Å². The summed E-state index contributed by atoms with van der Waals surface area (Å²) in [5, 5.41) is 8.82. The van der Waals surface area contributed by atoms with Crippen LogP contribution in [0.2, 0.25) is 0 Å². The van der Waals surface area contributed by atoms with E-state index in [1.54, 1.807) is 6.07 Å². The highest BCUT2D eigenvalue weighted by Crippen LogP contribution is 2.13. The summed E-state index contributed by atoms with van der Waals surface area (Å²) in [5.74, 6) is 0.599. The summed E-state index contributed by atoms with van der Waals surface area (Å²) in [6, 6.07) is 7.92. The van der Waals surface area contributed by atoms with Crippen molar-refractivity contribution in [2.45, 2.75) is 20.3 Å². The Morgan fingerprint density at radius 2 is 1.93 bits per heavy atom. The molecule has 0 saturated carbocycles. The van der Waals surface area contributed by atoms with Crippen LogP contribution in [0, 0.1) is 23.3 Å². The first-order valence-corrected chi connectivity index (χ1v) is 4.73. The minimum absolute atomic E-state index is 0.599. The van der Waals surface area contributed by atoms with Crippen LogP contribution in [0.3, 0.4) is 0 Å². The standard InChI is InChI=1S/C13H14N/c1-4-11-6-12(5-10(2)3)8-13(7-11)9-14/h6-8,10H,1,5H2,2-3H3. The molecule has 14 heavy (non-hydrogen) atoms. The Kier molecular flexibility index (Phi) is 3.48. The van der Waals surface area contributed by atoms with Crippen molar-refractivity contribution in [2.75, 3.05) is 0 Å². The molecule has 0 spiro atoms. The zero-order chi connectivity index (χ0) is 10.6. The van der Waals surface area contributed by atoms with E-state index in [0.29, 0.717) is 11.5 Å². The Morgan fingerprint density at radius 3 is 2.43 bits per heavy atom. The molecule has 0 bridgehead atoms. The molecular weight excluding hydrogens is 170 g/mol. The topological polar surface area (TPSA) is 23.8 Å². The summed E-state index contributed by atoms with van der Waals surface area (Å²) in [7, 11) is 0. The van der Waals surface area contributed by atoms with Gasteiger partial charge in [0, 0.05) is 0 Å². The molecule has 0 aliphatic heterocycles. The second-order valence-corrected chi connectivity index (χ2v) is 3.81. The lowest BCUT2D eigenvalue weighted by molar-refractivity contribution is 0.647. The minimum atomic E-state index is 0.599. The van der Waals surface area contributed by atoms with Crippen molar-refractivity contribution in [1.82, 2.24) is 0 Å². The molecule has 0 unspecified atom stereocenters. The zero-order valence-corrected chi connectivity index (χ0v) is 8.67. The van der Waals surface area contributed by atoms with E-state index < -0.39 is 0 Å². The molecule has 0 aliphatic rings. The second-order valence-electron chi connectivity index (χ2n) is 3.81. The van der Waals surface area contributed by atoms with Crippen molar-refractivity contribution in [3.8, 4) is 6.07 Å². The van der Waals surface area contributed by atoms with Crippen LogP contribution in [0.1, 0.15) is 30.5 Å². The molecule has 1 radical (unpaired) electrons. The van der Waals surface area contributed by atoms with Gasteiger partial charge in [0.2, 0.25) is 0 Å². The van der Waals surface area contributed by atoms with Gasteiger partial charge in [0.1, 0.15) is 0 Å². The van der Waals surface area contributed by atoms with Crippen molar-refractivity contribution in [1.29, 1.82) is 5.26 Å². The average molecular weight is 184 g/mol. The average Bonchev–Trinajstić information content (AvgIpc) is 2.16. The summed E-state index contributed by atoms with van der Waals surface area (Å²) < 4.78 is 0. The van der Waals surface area contributed by atoms with Crippen LogP contribution >= 0.6 is 0 Å². The Morgan fingerprint density at radius 1 is 1.29 bits per heavy atom. The van der Waals surface area contributed by atoms with Gasteiger partial charge in [-0.05, 0) is 41.7 Å². The summed E-state index contributed by atoms with van der Waals surface area (Å²) in [5.41, 5.74) is 2.78. The van der Waals surface area contributed by atoms with Gasteiger partial charge in [-0.25, -0.2) is 0 Å². The van der Waals surface area contributed by atoms with Crippen LogP contribution < -0.4 is 0 Å². The summed E-state index contributed by atoms with van der Waals surface area (Å²) >= 11 is 0. The predicted octanol–water partition coefficient (Wildman–Crippen LogP) is 3.09. The van der Waals surface area contributed by atoms with Gasteiger partial charge in [0.05, 0.1) is 11.6 Å². The van der Waals surface area contributed by atoms with E-state index in [2.05, 4.69) is 32.6 Å². The molecule has 71 valence electrons. The van der Waals surface area contributed by atoms with Crippen LogP contribution in [-0.4, -0.2) is 0 Å². The Hall–Kier alpha value is -1.55. The third-order valence-corrected chi connectivity index (χ3v) is 1.97. The molecule has 0 aliphatic carbocycles. The summed E-state index contributed by atoms with van der Waals surface area (Å²) in [4.78, 5) is 0. The first kappa shape index (κ1) is 10.5. The van der Waals surface area contributed by atoms with Crippen LogP contribution in [0.5, 0.6) is 0 Å². The van der Waals surface area contributed by atoms with Gasteiger partial charge in [-0.1, -0.05) is 26.5 Å². The van der Waals surface area contributed by atoms with E-state index in [1.165, 1.54) is 5.56 Å². The maximum Gasteiger partial charge on any atom is 0.0991 e. The van der Waals surface area contributed by atoms with Crippen LogP contribution in [0.15, 0.2) is 24.8 Å². The molecule has 1 heteroatoms. The molecule has 0 fully saturated rings. The predicted molar refractivity (Wildman–Crippen MR) is 57.7 cm³/mol. The highest BCUT2D eigenvalue weighted by Gasteiger charge is 2.01. The van der Waals surface area contributed by atoms with Crippen molar-refractivity contribution in [3.05, 3.63) is 47.5 Å². The third kappa shape index (κ3) is 2.74. The fourth-order valence-corrected chi connectivity index (χ4v) is 1.45. The van der Waals surface area contributed by atoms with E-state index in [0.717, 1.165) is 12.0 Å². The highest BCUT2D eigenvalue weighted by molar-refractivity contribution is 5.39. The molecule has 0 saturated heterocycles. The molecule has 1 aromatic rings. The third-order valence-electron chi connectivity index (χ3n) is 1.97. The molecule has 1 nitrogen and oxygen atoms in total. The van der Waals surface area contributed by atoms with E-state index >= 15 is 0 Å². The fraction of sp³-hybridized carbons (Fsp3) is 0.308. The number of hydrogen-bond acceptors (Lipinski definition) is 1. The molecular formula is C13H14N. The monoisotopic (exact) mass is 184 g/mol. The fourth-order valence-electron chi connectivity index (χ4n) is 1.45. The number of hydrogen-bond donors (Lipinski definition) is 0. The lowest BCUT2D eigenvalue weighted by atomic mass is 9.99. The normalized spacial score (nSPS) is 9.86. The Bertz CT molecular complexity index is 369. The van der Waals surface area contributed by atoms with E-state index in [9.17, 15) is 0 Å². The van der Waals surface area contributed by atoms with Gasteiger partial charge in [0.25, 0.3) is 0 Å². The van der Waals surface area contributed by atoms with Crippen molar-refractivity contribution in [3.63, 3.8) is 0 Å². The number of nitriles is 1. The van der Waals surface area contributed by atoms with Gasteiger partial charge < -0.3 is 0 Å². The SMILES string of the molecule is C=[C]c1cc(C#N)cc(CC(C)C)c1. The molecule has 1 rings (SSSR count). The van der Waals surface area contributed by atoms with Gasteiger partial charge in [-0.3, -0.25) is 0 Å². The number of benzene rings is 1. The molecule has 0 atom stereocenters.